The molecule has 5 aromatic carbocycles. The third-order valence-electron chi connectivity index (χ3n) is 9.72. The Morgan fingerprint density at radius 1 is 0.796 bits per heavy atom. The Bertz CT molecular complexity index is 2220. The van der Waals surface area contributed by atoms with Crippen LogP contribution in [0.4, 0.5) is 10.6 Å². The number of nitrogens with one attached hydrogen (secondary N) is 1. The van der Waals surface area contributed by atoms with Gasteiger partial charge in [0.05, 0.1) is 24.1 Å². The minimum absolute atomic E-state index is 0.225. The van der Waals surface area contributed by atoms with Crippen molar-refractivity contribution in [2.45, 2.75) is 38.3 Å². The van der Waals surface area contributed by atoms with E-state index in [-0.39, 0.29) is 12.5 Å². The van der Waals surface area contributed by atoms with Crippen LogP contribution in [0.2, 0.25) is 5.02 Å². The van der Waals surface area contributed by atoms with Crippen LogP contribution < -0.4 is 5.32 Å². The topological polar surface area (TPSA) is 103 Å². The molecular formula is C44H41ClN4O5. The number of benzene rings is 5. The predicted molar refractivity (Wildman–Crippen MR) is 211 cm³/mol. The summed E-state index contributed by atoms with van der Waals surface area (Å²) >= 11 is 6.75. The van der Waals surface area contributed by atoms with Crippen molar-refractivity contribution in [3.05, 3.63) is 155 Å². The smallest absolute Gasteiger partial charge is 0.410 e. The van der Waals surface area contributed by atoms with Crippen LogP contribution in [0.15, 0.2) is 127 Å². The van der Waals surface area contributed by atoms with Gasteiger partial charge in [0.15, 0.2) is 5.82 Å². The molecule has 1 N–H and O–H groups in total. The fraction of sp³-hybridized carbons (Fsp3) is 0.227. The Balaban J connectivity index is 1.42. The summed E-state index contributed by atoms with van der Waals surface area (Å²) in [5.74, 6) is -0.868. The lowest BCUT2D eigenvalue weighted by Crippen LogP contribution is -2.38. The maximum atomic E-state index is 14.1. The Hall–Kier alpha value is -5.93. The van der Waals surface area contributed by atoms with Crippen LogP contribution in [-0.2, 0) is 19.8 Å². The van der Waals surface area contributed by atoms with Crippen LogP contribution in [0, 0.1) is 5.92 Å². The summed E-state index contributed by atoms with van der Waals surface area (Å²) in [4.78, 5) is 41.1. The van der Waals surface area contributed by atoms with Crippen LogP contribution in [-0.4, -0.2) is 58.5 Å². The van der Waals surface area contributed by atoms with E-state index in [1.54, 1.807) is 23.1 Å². The van der Waals surface area contributed by atoms with Crippen molar-refractivity contribution in [3.63, 3.8) is 0 Å². The SMILES string of the molecule is COC(=O)c1ccc(Cl)c(-c2ccc3c(c2)c(NC(=O)[C@@H]2CCN(C(=O)OC(C)(C)C)C2)nn3C(c2ccccc2)(c2ccccc2)c2ccccc2)c1. The highest BCUT2D eigenvalue weighted by molar-refractivity contribution is 6.33. The molecule has 1 atom stereocenters. The van der Waals surface area contributed by atoms with E-state index in [0.29, 0.717) is 40.3 Å². The fourth-order valence-corrected chi connectivity index (χ4v) is 7.44. The molecule has 1 saturated heterocycles. The van der Waals surface area contributed by atoms with Gasteiger partial charge in [-0.2, -0.15) is 5.10 Å². The molecule has 1 fully saturated rings. The molecule has 1 aliphatic rings. The molecule has 0 spiro atoms. The molecule has 274 valence electrons. The summed E-state index contributed by atoms with van der Waals surface area (Å²) in [5.41, 5.74) is 3.70. The van der Waals surface area contributed by atoms with E-state index < -0.39 is 29.1 Å². The van der Waals surface area contributed by atoms with Crippen LogP contribution in [0.5, 0.6) is 0 Å². The van der Waals surface area contributed by atoms with Gasteiger partial charge < -0.3 is 19.7 Å². The normalized spacial score (nSPS) is 14.5. The fourth-order valence-electron chi connectivity index (χ4n) is 7.22. The van der Waals surface area contributed by atoms with Crippen molar-refractivity contribution in [2.24, 2.45) is 5.92 Å². The number of carbonyl (C=O) groups excluding carboxylic acids is 3. The zero-order valence-corrected chi connectivity index (χ0v) is 31.3. The molecule has 1 aromatic heterocycles. The van der Waals surface area contributed by atoms with Crippen molar-refractivity contribution in [1.82, 2.24) is 14.7 Å². The number of hydrogen-bond acceptors (Lipinski definition) is 6. The highest BCUT2D eigenvalue weighted by atomic mass is 35.5. The van der Waals surface area contributed by atoms with Crippen LogP contribution >= 0.6 is 11.6 Å². The first-order valence-corrected chi connectivity index (χ1v) is 18.2. The molecule has 7 rings (SSSR count). The van der Waals surface area contributed by atoms with E-state index >= 15 is 0 Å². The van der Waals surface area contributed by atoms with Crippen LogP contribution in [0.1, 0.15) is 54.2 Å². The number of nitrogens with zero attached hydrogens (tertiary/aromatic N) is 3. The molecule has 6 aromatic rings. The Kier molecular flexibility index (Phi) is 10.0. The average molecular weight is 741 g/mol. The lowest BCUT2D eigenvalue weighted by Gasteiger charge is -2.37. The van der Waals surface area contributed by atoms with Crippen molar-refractivity contribution in [1.29, 1.82) is 0 Å². The largest absolute Gasteiger partial charge is 0.465 e. The molecule has 2 heterocycles. The summed E-state index contributed by atoms with van der Waals surface area (Å²) in [6, 6.07) is 41.4. The number of likely N-dealkylation sites (tertiary alicyclic amines) is 1. The van der Waals surface area contributed by atoms with Crippen molar-refractivity contribution >= 4 is 46.3 Å². The summed E-state index contributed by atoms with van der Waals surface area (Å²) < 4.78 is 12.6. The maximum Gasteiger partial charge on any atom is 0.410 e. The quantitative estimate of drug-likeness (QED) is 0.123. The van der Waals surface area contributed by atoms with Gasteiger partial charge in [-0.15, -0.1) is 0 Å². The van der Waals surface area contributed by atoms with Crippen molar-refractivity contribution in [3.8, 4) is 11.1 Å². The van der Waals surface area contributed by atoms with E-state index in [1.165, 1.54) is 7.11 Å². The van der Waals surface area contributed by atoms with Gasteiger partial charge in [-0.1, -0.05) is 109 Å². The first-order chi connectivity index (χ1) is 26.0. The number of esters is 1. The Labute approximate surface area is 319 Å². The molecule has 0 bridgehead atoms. The second-order valence-electron chi connectivity index (χ2n) is 14.4. The van der Waals surface area contributed by atoms with Crippen molar-refractivity contribution in [2.75, 3.05) is 25.5 Å². The number of hydrogen-bond donors (Lipinski definition) is 1. The number of ether oxygens (including phenoxy) is 2. The standard InChI is InChI=1S/C44H41ClN4O5/c1-43(2,3)54-42(52)48-25-24-31(28-48)40(50)46-39-36-26-29(35-27-30(41(51)53-4)20-22-37(35)45)21-23-38(36)49(47-39)44(32-14-8-5-9-15-32,33-16-10-6-11-17-33)34-18-12-7-13-19-34/h5-23,26-27,31H,24-25,28H2,1-4H3,(H,46,47,50)/t31-/m1/s1. The summed E-state index contributed by atoms with van der Waals surface area (Å²) in [5, 5.41) is 9.56. The molecule has 9 nitrogen and oxygen atoms in total. The van der Waals surface area contributed by atoms with Gasteiger partial charge in [-0.05, 0) is 79.8 Å². The molecule has 10 heteroatoms. The first kappa shape index (κ1) is 36.4. The minimum atomic E-state index is -0.976. The highest BCUT2D eigenvalue weighted by Crippen LogP contribution is 2.44. The maximum absolute atomic E-state index is 14.1. The van der Waals surface area contributed by atoms with Gasteiger partial charge >= 0.3 is 12.1 Å². The van der Waals surface area contributed by atoms with Crippen LogP contribution in [0.25, 0.3) is 22.0 Å². The second-order valence-corrected chi connectivity index (χ2v) is 14.8. The average Bonchev–Trinajstić information content (AvgIpc) is 3.82. The van der Waals surface area contributed by atoms with E-state index in [9.17, 15) is 14.4 Å². The summed E-state index contributed by atoms with van der Waals surface area (Å²) in [6.45, 7) is 6.09. The van der Waals surface area contributed by atoms with Gasteiger partial charge in [0.1, 0.15) is 11.1 Å². The van der Waals surface area contributed by atoms with Gasteiger partial charge in [0, 0.05) is 29.1 Å². The zero-order chi connectivity index (χ0) is 38.0. The van der Waals surface area contributed by atoms with Crippen molar-refractivity contribution < 1.29 is 23.9 Å². The second kappa shape index (κ2) is 14.8. The van der Waals surface area contributed by atoms with E-state index in [1.807, 2.05) is 98.2 Å². The monoisotopic (exact) mass is 740 g/mol. The zero-order valence-electron chi connectivity index (χ0n) is 30.6. The van der Waals surface area contributed by atoms with Crippen LogP contribution in [0.3, 0.4) is 0 Å². The molecule has 0 aliphatic carbocycles. The number of methoxy groups -OCH3 is 1. The molecule has 0 unspecified atom stereocenters. The number of carbonyl (C=O) groups is 3. The number of anilines is 1. The number of amides is 2. The first-order valence-electron chi connectivity index (χ1n) is 17.9. The lowest BCUT2D eigenvalue weighted by atomic mass is 9.77. The minimum Gasteiger partial charge on any atom is -0.465 e. The summed E-state index contributed by atoms with van der Waals surface area (Å²) in [7, 11) is 1.33. The number of aromatic nitrogens is 2. The Morgan fingerprint density at radius 3 is 1.94 bits per heavy atom. The van der Waals surface area contributed by atoms with Gasteiger partial charge in [-0.25, -0.2) is 14.3 Å². The van der Waals surface area contributed by atoms with E-state index in [0.717, 1.165) is 27.8 Å². The van der Waals surface area contributed by atoms with E-state index in [4.69, 9.17) is 26.2 Å². The number of rotatable bonds is 8. The molecular weight excluding hydrogens is 700 g/mol. The molecule has 1 aliphatic heterocycles. The predicted octanol–water partition coefficient (Wildman–Crippen LogP) is 9.18. The highest BCUT2D eigenvalue weighted by Gasteiger charge is 2.41. The molecule has 2 amide bonds. The third-order valence-corrected chi connectivity index (χ3v) is 10.1. The lowest BCUT2D eigenvalue weighted by molar-refractivity contribution is -0.119. The Morgan fingerprint density at radius 2 is 1.39 bits per heavy atom. The van der Waals surface area contributed by atoms with Gasteiger partial charge in [-0.3, -0.25) is 4.79 Å². The summed E-state index contributed by atoms with van der Waals surface area (Å²) in [6.07, 6.45) is 0.0361. The molecule has 0 radical (unpaired) electrons. The van der Waals surface area contributed by atoms with E-state index in [2.05, 4.69) is 41.7 Å². The molecule has 54 heavy (non-hydrogen) atoms. The number of halogens is 1. The third kappa shape index (κ3) is 6.95. The number of fused-ring (bicyclic) bond motifs is 1. The molecule has 0 saturated carbocycles. The van der Waals surface area contributed by atoms with Gasteiger partial charge in [0.25, 0.3) is 0 Å². The van der Waals surface area contributed by atoms with Gasteiger partial charge in [0.2, 0.25) is 5.91 Å².